The number of benzene rings is 1. The molecule has 0 saturated carbocycles. The molecule has 1 rings (SSSR count). The van der Waals surface area contributed by atoms with Crippen LogP contribution in [0, 0.1) is 5.92 Å². The summed E-state index contributed by atoms with van der Waals surface area (Å²) in [7, 11) is 3.15. The highest BCUT2D eigenvalue weighted by Gasteiger charge is 2.16. The number of halogens is 1. The van der Waals surface area contributed by atoms with Gasteiger partial charge in [-0.05, 0) is 5.92 Å². The van der Waals surface area contributed by atoms with Crippen LogP contribution in [0.5, 0.6) is 17.2 Å². The van der Waals surface area contributed by atoms with Gasteiger partial charge in [-0.25, -0.2) is 0 Å². The Labute approximate surface area is 137 Å². The van der Waals surface area contributed by atoms with E-state index in [9.17, 15) is 4.79 Å². The molecule has 0 saturated heterocycles. The highest BCUT2D eigenvalue weighted by Crippen LogP contribution is 2.27. The summed E-state index contributed by atoms with van der Waals surface area (Å²) in [5, 5.41) is 2.74. The predicted octanol–water partition coefficient (Wildman–Crippen LogP) is 1.60. The van der Waals surface area contributed by atoms with Crippen LogP contribution in [0.2, 0.25) is 0 Å². The first kappa shape index (κ1) is 20.3. The van der Waals surface area contributed by atoms with Crippen molar-refractivity contribution in [2.24, 2.45) is 11.7 Å². The maximum atomic E-state index is 11.7. The zero-order valence-corrected chi connectivity index (χ0v) is 14.2. The molecule has 0 aromatic heterocycles. The second-order valence-electron chi connectivity index (χ2n) is 4.96. The first-order chi connectivity index (χ1) is 9.97. The topological polar surface area (TPSA) is 82.8 Å². The fourth-order valence-corrected chi connectivity index (χ4v) is 1.63. The van der Waals surface area contributed by atoms with Crippen molar-refractivity contribution >= 4 is 18.3 Å². The standard InChI is InChI=1S/C15H24N2O4.ClH/c1-10(2)14(16)15(18)17-5-6-21-13-8-11(19-3)7-12(9-13)20-4;/h7-10,14H,5-6,16H2,1-4H3,(H,17,18);1H/t14-;/m0./s1. The molecule has 1 atom stereocenters. The lowest BCUT2D eigenvalue weighted by atomic mass is 10.1. The summed E-state index contributed by atoms with van der Waals surface area (Å²) in [4.78, 5) is 11.7. The fourth-order valence-electron chi connectivity index (χ4n) is 1.63. The zero-order chi connectivity index (χ0) is 15.8. The molecule has 0 bridgehead atoms. The lowest BCUT2D eigenvalue weighted by Gasteiger charge is -2.15. The second kappa shape index (κ2) is 10.1. The van der Waals surface area contributed by atoms with Gasteiger partial charge in [0.2, 0.25) is 5.91 Å². The number of hydrogen-bond acceptors (Lipinski definition) is 5. The molecule has 1 aromatic rings. The zero-order valence-electron chi connectivity index (χ0n) is 13.4. The van der Waals surface area contributed by atoms with E-state index < -0.39 is 6.04 Å². The third-order valence-electron chi connectivity index (χ3n) is 3.02. The lowest BCUT2D eigenvalue weighted by molar-refractivity contribution is -0.123. The molecule has 3 N–H and O–H groups in total. The van der Waals surface area contributed by atoms with E-state index in [2.05, 4.69) is 5.32 Å². The van der Waals surface area contributed by atoms with E-state index in [4.69, 9.17) is 19.9 Å². The Kier molecular flexibility index (Phi) is 9.37. The number of methoxy groups -OCH3 is 2. The molecule has 0 spiro atoms. The van der Waals surface area contributed by atoms with E-state index in [1.54, 1.807) is 32.4 Å². The first-order valence-electron chi connectivity index (χ1n) is 6.87. The van der Waals surface area contributed by atoms with Gasteiger partial charge in [-0.3, -0.25) is 4.79 Å². The molecule has 1 amide bonds. The maximum Gasteiger partial charge on any atom is 0.237 e. The Hall–Kier alpha value is -1.66. The van der Waals surface area contributed by atoms with Crippen LogP contribution in [0.25, 0.3) is 0 Å². The van der Waals surface area contributed by atoms with Gasteiger partial charge in [-0.1, -0.05) is 13.8 Å². The molecule has 0 fully saturated rings. The fraction of sp³-hybridized carbons (Fsp3) is 0.533. The smallest absolute Gasteiger partial charge is 0.237 e. The van der Waals surface area contributed by atoms with E-state index in [-0.39, 0.29) is 24.2 Å². The quantitative estimate of drug-likeness (QED) is 0.707. The molecule has 22 heavy (non-hydrogen) atoms. The van der Waals surface area contributed by atoms with E-state index in [0.717, 1.165) is 0 Å². The van der Waals surface area contributed by atoms with Crippen molar-refractivity contribution in [3.8, 4) is 17.2 Å². The van der Waals surface area contributed by atoms with Gasteiger partial charge in [-0.2, -0.15) is 0 Å². The summed E-state index contributed by atoms with van der Waals surface area (Å²) >= 11 is 0. The summed E-state index contributed by atoms with van der Waals surface area (Å²) in [5.74, 6) is 1.85. The number of carbonyl (C=O) groups excluding carboxylic acids is 1. The third-order valence-corrected chi connectivity index (χ3v) is 3.02. The Bertz CT molecular complexity index is 447. The first-order valence-corrected chi connectivity index (χ1v) is 6.87. The van der Waals surface area contributed by atoms with Crippen molar-refractivity contribution in [2.45, 2.75) is 19.9 Å². The molecule has 0 aliphatic carbocycles. The molecule has 6 nitrogen and oxygen atoms in total. The van der Waals surface area contributed by atoms with Crippen molar-refractivity contribution in [3.05, 3.63) is 18.2 Å². The minimum absolute atomic E-state index is 0. The average Bonchev–Trinajstić information content (AvgIpc) is 2.49. The van der Waals surface area contributed by atoms with Crippen molar-refractivity contribution in [2.75, 3.05) is 27.4 Å². The van der Waals surface area contributed by atoms with Crippen LogP contribution in [-0.2, 0) is 4.79 Å². The number of carbonyl (C=O) groups is 1. The largest absolute Gasteiger partial charge is 0.496 e. The average molecular weight is 333 g/mol. The number of rotatable bonds is 8. The molecule has 1 aromatic carbocycles. The predicted molar refractivity (Wildman–Crippen MR) is 88.1 cm³/mol. The van der Waals surface area contributed by atoms with E-state index in [1.807, 2.05) is 13.8 Å². The summed E-state index contributed by atoms with van der Waals surface area (Å²) in [6.07, 6.45) is 0. The minimum atomic E-state index is -0.498. The van der Waals surface area contributed by atoms with Gasteiger partial charge in [0.1, 0.15) is 23.9 Å². The van der Waals surface area contributed by atoms with Gasteiger partial charge in [-0.15, -0.1) is 12.4 Å². The normalized spacial score (nSPS) is 11.4. The van der Waals surface area contributed by atoms with Gasteiger partial charge in [0.15, 0.2) is 0 Å². The number of hydrogen-bond donors (Lipinski definition) is 2. The Morgan fingerprint density at radius 3 is 2.09 bits per heavy atom. The molecule has 0 aliphatic heterocycles. The van der Waals surface area contributed by atoms with Gasteiger partial charge >= 0.3 is 0 Å². The lowest BCUT2D eigenvalue weighted by Crippen LogP contribution is -2.45. The van der Waals surface area contributed by atoms with Crippen LogP contribution < -0.4 is 25.3 Å². The SMILES string of the molecule is COc1cc(OC)cc(OCCNC(=O)[C@@H](N)C(C)C)c1.Cl. The molecule has 0 unspecified atom stereocenters. The highest BCUT2D eigenvalue weighted by molar-refractivity contribution is 5.85. The van der Waals surface area contributed by atoms with Crippen molar-refractivity contribution in [3.63, 3.8) is 0 Å². The van der Waals surface area contributed by atoms with Crippen LogP contribution >= 0.6 is 12.4 Å². The van der Waals surface area contributed by atoms with Gasteiger partial charge in [0.25, 0.3) is 0 Å². The summed E-state index contributed by atoms with van der Waals surface area (Å²) < 4.78 is 15.9. The van der Waals surface area contributed by atoms with Crippen molar-refractivity contribution < 1.29 is 19.0 Å². The van der Waals surface area contributed by atoms with E-state index in [0.29, 0.717) is 30.4 Å². The van der Waals surface area contributed by atoms with Crippen molar-refractivity contribution in [1.29, 1.82) is 0 Å². The Morgan fingerprint density at radius 2 is 1.64 bits per heavy atom. The van der Waals surface area contributed by atoms with Gasteiger partial charge in [0, 0.05) is 18.2 Å². The Balaban J connectivity index is 0.00000441. The second-order valence-corrected chi connectivity index (χ2v) is 4.96. The monoisotopic (exact) mass is 332 g/mol. The molecular formula is C15H25ClN2O4. The number of nitrogens with one attached hydrogen (secondary N) is 1. The molecule has 0 radical (unpaired) electrons. The molecule has 126 valence electrons. The van der Waals surface area contributed by atoms with Gasteiger partial charge in [0.05, 0.1) is 26.8 Å². The van der Waals surface area contributed by atoms with Crippen LogP contribution in [0.15, 0.2) is 18.2 Å². The molecule has 0 heterocycles. The number of nitrogens with two attached hydrogens (primary N) is 1. The van der Waals surface area contributed by atoms with Crippen LogP contribution in [0.1, 0.15) is 13.8 Å². The molecule has 0 aliphatic rings. The van der Waals surface area contributed by atoms with Crippen LogP contribution in [0.3, 0.4) is 0 Å². The minimum Gasteiger partial charge on any atom is -0.496 e. The van der Waals surface area contributed by atoms with E-state index in [1.165, 1.54) is 0 Å². The van der Waals surface area contributed by atoms with Crippen molar-refractivity contribution in [1.82, 2.24) is 5.32 Å². The van der Waals surface area contributed by atoms with Gasteiger partial charge < -0.3 is 25.3 Å². The Morgan fingerprint density at radius 1 is 1.14 bits per heavy atom. The van der Waals surface area contributed by atoms with Crippen LogP contribution in [-0.4, -0.2) is 39.3 Å². The summed E-state index contributed by atoms with van der Waals surface area (Å²) in [5.41, 5.74) is 5.74. The van der Waals surface area contributed by atoms with E-state index >= 15 is 0 Å². The number of ether oxygens (including phenoxy) is 3. The molecular weight excluding hydrogens is 308 g/mol. The maximum absolute atomic E-state index is 11.7. The highest BCUT2D eigenvalue weighted by atomic mass is 35.5. The van der Waals surface area contributed by atoms with Crippen LogP contribution in [0.4, 0.5) is 0 Å². The number of amides is 1. The summed E-state index contributed by atoms with van der Waals surface area (Å²) in [6, 6.07) is 4.77. The summed E-state index contributed by atoms with van der Waals surface area (Å²) in [6.45, 7) is 4.54. The molecule has 7 heteroatoms. The third kappa shape index (κ3) is 6.41.